The highest BCUT2D eigenvalue weighted by atomic mass is 35.5. The zero-order valence-electron chi connectivity index (χ0n) is 12.0. The summed E-state index contributed by atoms with van der Waals surface area (Å²) in [5, 5.41) is 10.2. The molecule has 0 saturated carbocycles. The Morgan fingerprint density at radius 3 is 2.65 bits per heavy atom. The third-order valence-corrected chi connectivity index (χ3v) is 4.04. The standard InChI is InChI=1S/C15H21ClN2O2/c1-11(19)13-4-5-15(14(16)10-13)18-7-3-6-17(8-9-18)12(2)20/h4-5,10-11,19H,3,6-9H2,1-2H3. The Hall–Kier alpha value is -1.26. The Morgan fingerprint density at radius 1 is 1.30 bits per heavy atom. The maximum atomic E-state index is 11.4. The fourth-order valence-electron chi connectivity index (χ4n) is 2.51. The Balaban J connectivity index is 2.13. The first-order valence-corrected chi connectivity index (χ1v) is 7.35. The maximum absolute atomic E-state index is 11.4. The van der Waals surface area contributed by atoms with Crippen LogP contribution in [0.2, 0.25) is 5.02 Å². The van der Waals surface area contributed by atoms with Crippen molar-refractivity contribution in [1.29, 1.82) is 0 Å². The molecule has 0 aromatic heterocycles. The van der Waals surface area contributed by atoms with Crippen LogP contribution in [0, 0.1) is 0 Å². The van der Waals surface area contributed by atoms with E-state index in [1.807, 2.05) is 23.1 Å². The van der Waals surface area contributed by atoms with Crippen LogP contribution in [-0.4, -0.2) is 42.1 Å². The largest absolute Gasteiger partial charge is 0.389 e. The number of amides is 1. The lowest BCUT2D eigenvalue weighted by atomic mass is 10.1. The number of hydrogen-bond donors (Lipinski definition) is 1. The Morgan fingerprint density at radius 2 is 2.05 bits per heavy atom. The lowest BCUT2D eigenvalue weighted by molar-refractivity contribution is -0.128. The van der Waals surface area contributed by atoms with Crippen LogP contribution in [0.1, 0.15) is 31.9 Å². The number of aliphatic hydroxyl groups is 1. The fourth-order valence-corrected chi connectivity index (χ4v) is 2.82. The van der Waals surface area contributed by atoms with E-state index in [4.69, 9.17) is 11.6 Å². The van der Waals surface area contributed by atoms with Crippen molar-refractivity contribution in [2.45, 2.75) is 26.4 Å². The summed E-state index contributed by atoms with van der Waals surface area (Å²) in [7, 11) is 0. The predicted octanol–water partition coefficient (Wildman–Crippen LogP) is 2.45. The minimum Gasteiger partial charge on any atom is -0.389 e. The number of benzene rings is 1. The van der Waals surface area contributed by atoms with E-state index >= 15 is 0 Å². The molecule has 0 radical (unpaired) electrons. The third kappa shape index (κ3) is 3.44. The van der Waals surface area contributed by atoms with Crippen molar-refractivity contribution >= 4 is 23.2 Å². The van der Waals surface area contributed by atoms with Gasteiger partial charge in [-0.05, 0) is 31.0 Å². The van der Waals surface area contributed by atoms with Crippen molar-refractivity contribution in [3.05, 3.63) is 28.8 Å². The molecule has 2 rings (SSSR count). The van der Waals surface area contributed by atoms with Crippen molar-refractivity contribution in [3.8, 4) is 0 Å². The maximum Gasteiger partial charge on any atom is 0.219 e. The minimum absolute atomic E-state index is 0.127. The van der Waals surface area contributed by atoms with Crippen LogP contribution in [0.5, 0.6) is 0 Å². The number of nitrogens with zero attached hydrogens (tertiary/aromatic N) is 2. The molecule has 1 aromatic rings. The molecule has 1 heterocycles. The summed E-state index contributed by atoms with van der Waals surface area (Å²) in [6.07, 6.45) is 0.424. The summed E-state index contributed by atoms with van der Waals surface area (Å²) >= 11 is 6.33. The number of hydrogen-bond acceptors (Lipinski definition) is 3. The molecule has 1 aliphatic rings. The second-order valence-electron chi connectivity index (χ2n) is 5.23. The smallest absolute Gasteiger partial charge is 0.219 e. The van der Waals surface area contributed by atoms with Gasteiger partial charge in [-0.1, -0.05) is 17.7 Å². The van der Waals surface area contributed by atoms with Crippen LogP contribution in [0.25, 0.3) is 0 Å². The zero-order chi connectivity index (χ0) is 14.7. The van der Waals surface area contributed by atoms with E-state index in [1.165, 1.54) is 0 Å². The molecule has 1 aliphatic heterocycles. The van der Waals surface area contributed by atoms with Crippen LogP contribution >= 0.6 is 11.6 Å². The molecule has 0 aliphatic carbocycles. The normalized spacial score (nSPS) is 17.8. The quantitative estimate of drug-likeness (QED) is 0.912. The molecule has 1 fully saturated rings. The molecular formula is C15H21ClN2O2. The Labute approximate surface area is 124 Å². The molecule has 5 heteroatoms. The Kier molecular flexibility index (Phi) is 4.89. The SMILES string of the molecule is CC(=O)N1CCCN(c2ccc(C(C)O)cc2Cl)CC1. The van der Waals surface area contributed by atoms with Crippen LogP contribution in [-0.2, 0) is 4.79 Å². The average Bonchev–Trinajstić information content (AvgIpc) is 2.64. The van der Waals surface area contributed by atoms with E-state index in [-0.39, 0.29) is 5.91 Å². The topological polar surface area (TPSA) is 43.8 Å². The second kappa shape index (κ2) is 6.46. The number of carbonyl (C=O) groups is 1. The van der Waals surface area contributed by atoms with Crippen molar-refractivity contribution in [3.63, 3.8) is 0 Å². The first-order chi connectivity index (χ1) is 9.49. The molecule has 0 spiro atoms. The van der Waals surface area contributed by atoms with Gasteiger partial charge in [0.05, 0.1) is 16.8 Å². The summed E-state index contributed by atoms with van der Waals surface area (Å²) in [6, 6.07) is 5.67. The van der Waals surface area contributed by atoms with Gasteiger partial charge in [0.2, 0.25) is 5.91 Å². The first kappa shape index (κ1) is 15.1. The van der Waals surface area contributed by atoms with Gasteiger partial charge >= 0.3 is 0 Å². The highest BCUT2D eigenvalue weighted by Gasteiger charge is 2.18. The molecule has 20 heavy (non-hydrogen) atoms. The summed E-state index contributed by atoms with van der Waals surface area (Å²) in [5.74, 6) is 0.127. The van der Waals surface area contributed by atoms with Gasteiger partial charge in [-0.2, -0.15) is 0 Å². The van der Waals surface area contributed by atoms with Gasteiger partial charge in [-0.3, -0.25) is 4.79 Å². The van der Waals surface area contributed by atoms with E-state index in [1.54, 1.807) is 13.8 Å². The highest BCUT2D eigenvalue weighted by Crippen LogP contribution is 2.29. The number of halogens is 1. The molecule has 1 unspecified atom stereocenters. The van der Waals surface area contributed by atoms with Gasteiger partial charge in [-0.15, -0.1) is 0 Å². The lowest BCUT2D eigenvalue weighted by Crippen LogP contribution is -2.33. The van der Waals surface area contributed by atoms with Gasteiger partial charge in [0.25, 0.3) is 0 Å². The summed E-state index contributed by atoms with van der Waals surface area (Å²) in [4.78, 5) is 15.5. The summed E-state index contributed by atoms with van der Waals surface area (Å²) < 4.78 is 0. The van der Waals surface area contributed by atoms with E-state index in [2.05, 4.69) is 4.90 Å². The number of anilines is 1. The van der Waals surface area contributed by atoms with Crippen molar-refractivity contribution in [2.75, 3.05) is 31.1 Å². The van der Waals surface area contributed by atoms with E-state index < -0.39 is 6.10 Å². The van der Waals surface area contributed by atoms with Crippen LogP contribution in [0.3, 0.4) is 0 Å². The highest BCUT2D eigenvalue weighted by molar-refractivity contribution is 6.33. The number of carbonyl (C=O) groups excluding carboxylic acids is 1. The summed E-state index contributed by atoms with van der Waals surface area (Å²) in [5.41, 5.74) is 1.79. The average molecular weight is 297 g/mol. The van der Waals surface area contributed by atoms with E-state index in [0.29, 0.717) is 5.02 Å². The van der Waals surface area contributed by atoms with Crippen LogP contribution < -0.4 is 4.90 Å². The fraction of sp³-hybridized carbons (Fsp3) is 0.533. The second-order valence-corrected chi connectivity index (χ2v) is 5.64. The first-order valence-electron chi connectivity index (χ1n) is 6.97. The number of aliphatic hydroxyl groups excluding tert-OH is 1. The zero-order valence-corrected chi connectivity index (χ0v) is 12.7. The van der Waals surface area contributed by atoms with E-state index in [9.17, 15) is 9.90 Å². The van der Waals surface area contributed by atoms with Crippen molar-refractivity contribution in [2.24, 2.45) is 0 Å². The lowest BCUT2D eigenvalue weighted by Gasteiger charge is -2.24. The molecule has 4 nitrogen and oxygen atoms in total. The van der Waals surface area contributed by atoms with E-state index in [0.717, 1.165) is 43.9 Å². The van der Waals surface area contributed by atoms with Gasteiger partial charge in [0, 0.05) is 33.1 Å². The van der Waals surface area contributed by atoms with Crippen molar-refractivity contribution in [1.82, 2.24) is 4.90 Å². The molecular weight excluding hydrogens is 276 g/mol. The van der Waals surface area contributed by atoms with Gasteiger partial charge in [-0.25, -0.2) is 0 Å². The minimum atomic E-state index is -0.515. The molecule has 1 amide bonds. The molecule has 1 aromatic carbocycles. The third-order valence-electron chi connectivity index (χ3n) is 3.74. The number of rotatable bonds is 2. The molecule has 0 bridgehead atoms. The van der Waals surface area contributed by atoms with Crippen LogP contribution in [0.4, 0.5) is 5.69 Å². The van der Waals surface area contributed by atoms with Gasteiger partial charge < -0.3 is 14.9 Å². The predicted molar refractivity (Wildman–Crippen MR) is 81.2 cm³/mol. The molecule has 1 saturated heterocycles. The Bertz CT molecular complexity index is 491. The molecule has 110 valence electrons. The van der Waals surface area contributed by atoms with Crippen LogP contribution in [0.15, 0.2) is 18.2 Å². The molecule has 1 N–H and O–H groups in total. The van der Waals surface area contributed by atoms with Gasteiger partial charge in [0.15, 0.2) is 0 Å². The summed E-state index contributed by atoms with van der Waals surface area (Å²) in [6.45, 7) is 6.53. The van der Waals surface area contributed by atoms with Crippen molar-refractivity contribution < 1.29 is 9.90 Å². The monoisotopic (exact) mass is 296 g/mol. The molecule has 1 atom stereocenters. The van der Waals surface area contributed by atoms with Gasteiger partial charge in [0.1, 0.15) is 0 Å².